The largest absolute Gasteiger partial charge is 0.497 e. The number of rotatable bonds is 8. The number of aliphatic hydroxyl groups excluding tert-OH is 1. The Kier molecular flexibility index (Phi) is 6.11. The molecule has 2 unspecified atom stereocenters. The number of methoxy groups -OCH3 is 1. The van der Waals surface area contributed by atoms with E-state index in [1.54, 1.807) is 7.11 Å². The van der Waals surface area contributed by atoms with Gasteiger partial charge in [0.05, 0.1) is 13.7 Å². The highest BCUT2D eigenvalue weighted by atomic mass is 16.5. The molecule has 5 nitrogen and oxygen atoms in total. The van der Waals surface area contributed by atoms with E-state index in [0.29, 0.717) is 12.5 Å². The zero-order chi connectivity index (χ0) is 14.2. The second-order valence-corrected chi connectivity index (χ2v) is 5.03. The quantitative estimate of drug-likeness (QED) is 0.746. The molecule has 2 atom stereocenters. The van der Waals surface area contributed by atoms with Crippen LogP contribution in [0.5, 0.6) is 11.5 Å². The number of benzene rings is 1. The van der Waals surface area contributed by atoms with Gasteiger partial charge in [-0.25, -0.2) is 0 Å². The summed E-state index contributed by atoms with van der Waals surface area (Å²) in [6, 6.07) is 7.32. The van der Waals surface area contributed by atoms with Crippen molar-refractivity contribution in [3.63, 3.8) is 0 Å². The van der Waals surface area contributed by atoms with E-state index in [9.17, 15) is 5.11 Å². The first kappa shape index (κ1) is 15.1. The van der Waals surface area contributed by atoms with Crippen LogP contribution in [0.15, 0.2) is 24.3 Å². The van der Waals surface area contributed by atoms with Crippen molar-refractivity contribution in [3.8, 4) is 11.5 Å². The van der Waals surface area contributed by atoms with Crippen LogP contribution in [-0.2, 0) is 4.74 Å². The lowest BCUT2D eigenvalue weighted by molar-refractivity contribution is 0.105. The molecular weight excluding hydrogens is 258 g/mol. The summed E-state index contributed by atoms with van der Waals surface area (Å²) in [5.41, 5.74) is 0. The molecule has 1 aromatic carbocycles. The van der Waals surface area contributed by atoms with Crippen LogP contribution < -0.4 is 14.8 Å². The van der Waals surface area contributed by atoms with Crippen molar-refractivity contribution in [2.24, 2.45) is 5.92 Å². The Labute approximate surface area is 119 Å². The fourth-order valence-corrected chi connectivity index (χ4v) is 2.12. The molecule has 20 heavy (non-hydrogen) atoms. The summed E-state index contributed by atoms with van der Waals surface area (Å²) in [6.07, 6.45) is 0.588. The monoisotopic (exact) mass is 281 g/mol. The van der Waals surface area contributed by atoms with Gasteiger partial charge in [-0.05, 0) is 36.6 Å². The molecule has 1 aromatic rings. The zero-order valence-corrected chi connectivity index (χ0v) is 11.9. The highest BCUT2D eigenvalue weighted by molar-refractivity contribution is 5.31. The van der Waals surface area contributed by atoms with E-state index >= 15 is 0 Å². The van der Waals surface area contributed by atoms with Gasteiger partial charge in [0.2, 0.25) is 0 Å². The van der Waals surface area contributed by atoms with E-state index in [4.69, 9.17) is 14.2 Å². The van der Waals surface area contributed by atoms with E-state index < -0.39 is 6.10 Å². The van der Waals surface area contributed by atoms with E-state index in [-0.39, 0.29) is 6.61 Å². The topological polar surface area (TPSA) is 60.0 Å². The zero-order valence-electron chi connectivity index (χ0n) is 11.9. The number of aliphatic hydroxyl groups is 1. The number of hydrogen-bond acceptors (Lipinski definition) is 5. The number of nitrogens with one attached hydrogen (secondary N) is 1. The fraction of sp³-hybridized carbons (Fsp3) is 0.600. The molecule has 2 N–H and O–H groups in total. The van der Waals surface area contributed by atoms with Gasteiger partial charge >= 0.3 is 0 Å². The molecule has 0 aliphatic carbocycles. The minimum atomic E-state index is -0.514. The summed E-state index contributed by atoms with van der Waals surface area (Å²) < 4.78 is 15.9. The smallest absolute Gasteiger partial charge is 0.119 e. The Morgan fingerprint density at radius 2 is 2.10 bits per heavy atom. The van der Waals surface area contributed by atoms with Crippen molar-refractivity contribution in [2.45, 2.75) is 12.5 Å². The molecule has 1 aliphatic rings. The summed E-state index contributed by atoms with van der Waals surface area (Å²) in [6.45, 7) is 3.38. The summed E-state index contributed by atoms with van der Waals surface area (Å²) in [4.78, 5) is 0. The van der Waals surface area contributed by atoms with Gasteiger partial charge in [-0.2, -0.15) is 0 Å². The van der Waals surface area contributed by atoms with Gasteiger partial charge in [0, 0.05) is 19.7 Å². The normalized spacial score (nSPS) is 19.8. The van der Waals surface area contributed by atoms with Gasteiger partial charge in [-0.1, -0.05) is 0 Å². The fourth-order valence-electron chi connectivity index (χ4n) is 2.12. The molecule has 0 radical (unpaired) electrons. The Balaban J connectivity index is 1.59. The minimum absolute atomic E-state index is 0.278. The highest BCUT2D eigenvalue weighted by Gasteiger charge is 2.15. The van der Waals surface area contributed by atoms with Crippen LogP contribution in [-0.4, -0.2) is 51.2 Å². The van der Waals surface area contributed by atoms with Crippen molar-refractivity contribution in [2.75, 3.05) is 40.0 Å². The van der Waals surface area contributed by atoms with Crippen LogP contribution in [0.1, 0.15) is 6.42 Å². The molecule has 1 saturated heterocycles. The van der Waals surface area contributed by atoms with Crippen molar-refractivity contribution < 1.29 is 19.3 Å². The Morgan fingerprint density at radius 3 is 2.75 bits per heavy atom. The molecule has 0 saturated carbocycles. The van der Waals surface area contributed by atoms with Gasteiger partial charge in [0.1, 0.15) is 24.2 Å². The average molecular weight is 281 g/mol. The second kappa shape index (κ2) is 8.09. The van der Waals surface area contributed by atoms with Crippen LogP contribution in [0, 0.1) is 5.92 Å². The molecule has 1 heterocycles. The van der Waals surface area contributed by atoms with Crippen LogP contribution in [0.2, 0.25) is 0 Å². The van der Waals surface area contributed by atoms with E-state index in [1.807, 2.05) is 24.3 Å². The lowest BCUT2D eigenvalue weighted by atomic mass is 10.1. The minimum Gasteiger partial charge on any atom is -0.497 e. The van der Waals surface area contributed by atoms with Crippen LogP contribution in [0.25, 0.3) is 0 Å². The van der Waals surface area contributed by atoms with Crippen LogP contribution in [0.3, 0.4) is 0 Å². The SMILES string of the molecule is COc1ccc(OCC(O)CNCC2CCOC2)cc1. The predicted molar refractivity (Wildman–Crippen MR) is 76.3 cm³/mol. The van der Waals surface area contributed by atoms with Gasteiger partial charge in [-0.15, -0.1) is 0 Å². The van der Waals surface area contributed by atoms with Crippen molar-refractivity contribution in [1.29, 1.82) is 0 Å². The maximum Gasteiger partial charge on any atom is 0.119 e. The van der Waals surface area contributed by atoms with Crippen LogP contribution in [0.4, 0.5) is 0 Å². The number of hydrogen-bond donors (Lipinski definition) is 2. The van der Waals surface area contributed by atoms with Gasteiger partial charge in [0.15, 0.2) is 0 Å². The van der Waals surface area contributed by atoms with Crippen LogP contribution >= 0.6 is 0 Å². The Morgan fingerprint density at radius 1 is 1.35 bits per heavy atom. The van der Waals surface area contributed by atoms with E-state index in [2.05, 4.69) is 5.32 Å². The predicted octanol–water partition coefficient (Wildman–Crippen LogP) is 1.06. The standard InChI is InChI=1S/C15H23NO4/c1-18-14-2-4-15(5-3-14)20-11-13(17)9-16-8-12-6-7-19-10-12/h2-5,12-13,16-17H,6-11H2,1H3. The molecule has 5 heteroatoms. The first-order chi connectivity index (χ1) is 9.78. The summed E-state index contributed by atoms with van der Waals surface area (Å²) in [5, 5.41) is 13.1. The van der Waals surface area contributed by atoms with Crippen molar-refractivity contribution >= 4 is 0 Å². The van der Waals surface area contributed by atoms with Gasteiger partial charge in [0.25, 0.3) is 0 Å². The molecular formula is C15H23NO4. The molecule has 2 rings (SSSR count). The maximum absolute atomic E-state index is 9.84. The number of ether oxygens (including phenoxy) is 3. The highest BCUT2D eigenvalue weighted by Crippen LogP contribution is 2.17. The first-order valence-corrected chi connectivity index (χ1v) is 7.01. The molecule has 0 aromatic heterocycles. The summed E-state index contributed by atoms with van der Waals surface area (Å²) in [7, 11) is 1.63. The average Bonchev–Trinajstić information content (AvgIpc) is 2.99. The lowest BCUT2D eigenvalue weighted by Gasteiger charge is -2.15. The second-order valence-electron chi connectivity index (χ2n) is 5.03. The molecule has 0 amide bonds. The molecule has 0 bridgehead atoms. The van der Waals surface area contributed by atoms with E-state index in [1.165, 1.54) is 0 Å². The molecule has 112 valence electrons. The lowest BCUT2D eigenvalue weighted by Crippen LogP contribution is -2.34. The summed E-state index contributed by atoms with van der Waals surface area (Å²) in [5.74, 6) is 2.09. The van der Waals surface area contributed by atoms with E-state index in [0.717, 1.165) is 37.7 Å². The Hall–Kier alpha value is -1.30. The Bertz CT molecular complexity index is 376. The maximum atomic E-state index is 9.84. The molecule has 1 aliphatic heterocycles. The molecule has 1 fully saturated rings. The van der Waals surface area contributed by atoms with Crippen molar-refractivity contribution in [3.05, 3.63) is 24.3 Å². The van der Waals surface area contributed by atoms with Gasteiger partial charge < -0.3 is 24.6 Å². The van der Waals surface area contributed by atoms with Gasteiger partial charge in [-0.3, -0.25) is 0 Å². The third kappa shape index (κ3) is 5.00. The van der Waals surface area contributed by atoms with Crippen molar-refractivity contribution in [1.82, 2.24) is 5.32 Å². The third-order valence-electron chi connectivity index (χ3n) is 3.34. The first-order valence-electron chi connectivity index (χ1n) is 7.01. The molecule has 0 spiro atoms. The third-order valence-corrected chi connectivity index (χ3v) is 3.34. The summed E-state index contributed by atoms with van der Waals surface area (Å²) >= 11 is 0.